The molecule has 23 heavy (non-hydrogen) atoms. The Hall–Kier alpha value is -0.930. The van der Waals surface area contributed by atoms with Crippen molar-refractivity contribution in [3.8, 4) is 0 Å². The highest BCUT2D eigenvalue weighted by Gasteiger charge is 2.67. The Kier molecular flexibility index (Phi) is 3.10. The number of aliphatic hydroxyl groups is 2. The van der Waals surface area contributed by atoms with Crippen LogP contribution in [0.1, 0.15) is 40.5 Å². The van der Waals surface area contributed by atoms with Crippen molar-refractivity contribution < 1.29 is 15.0 Å². The van der Waals surface area contributed by atoms with Gasteiger partial charge in [0.1, 0.15) is 5.60 Å². The van der Waals surface area contributed by atoms with Gasteiger partial charge in [-0.3, -0.25) is 4.79 Å². The molecule has 0 aromatic carbocycles. The summed E-state index contributed by atoms with van der Waals surface area (Å²) in [6.45, 7) is 8.75. The molecule has 0 saturated heterocycles. The van der Waals surface area contributed by atoms with Crippen molar-refractivity contribution in [1.82, 2.24) is 0 Å². The normalized spacial score (nSPS) is 50.3. The first-order valence-electron chi connectivity index (χ1n) is 8.98. The summed E-state index contributed by atoms with van der Waals surface area (Å²) in [6, 6.07) is 0. The van der Waals surface area contributed by atoms with Gasteiger partial charge in [-0.1, -0.05) is 32.9 Å². The van der Waals surface area contributed by atoms with Crippen LogP contribution < -0.4 is 0 Å². The summed E-state index contributed by atoms with van der Waals surface area (Å²) in [6.07, 6.45) is 5.73. The molecule has 0 radical (unpaired) electrons. The first-order valence-corrected chi connectivity index (χ1v) is 8.98. The third-order valence-electron chi connectivity index (χ3n) is 7.56. The molecule has 0 heterocycles. The van der Waals surface area contributed by atoms with Gasteiger partial charge in [0, 0.05) is 12.3 Å². The minimum absolute atomic E-state index is 0.0588. The molecule has 7 atom stereocenters. The second kappa shape index (κ2) is 4.58. The zero-order valence-corrected chi connectivity index (χ0v) is 14.5. The third-order valence-corrected chi connectivity index (χ3v) is 7.56. The van der Waals surface area contributed by atoms with Gasteiger partial charge in [-0.25, -0.2) is 0 Å². The number of aliphatic hydroxyl groups excluding tert-OH is 1. The third kappa shape index (κ3) is 1.87. The van der Waals surface area contributed by atoms with E-state index in [9.17, 15) is 15.0 Å². The molecule has 0 aromatic rings. The van der Waals surface area contributed by atoms with Gasteiger partial charge < -0.3 is 10.2 Å². The van der Waals surface area contributed by atoms with Crippen LogP contribution in [0.3, 0.4) is 0 Å². The Morgan fingerprint density at radius 3 is 2.65 bits per heavy atom. The van der Waals surface area contributed by atoms with Crippen molar-refractivity contribution in [2.75, 3.05) is 6.61 Å². The standard InChI is InChI=1S/C20H28O3/c1-10-5-15-17(19(15,3)4)13-7-12(9-21)8-20(23)14(16(10)13)6-11(2)18(20)22/h6-7,10,13-17,21,23H,5,8-9H2,1-4H3. The molecule has 0 aromatic heterocycles. The molecule has 2 fully saturated rings. The summed E-state index contributed by atoms with van der Waals surface area (Å²) in [7, 11) is 0. The van der Waals surface area contributed by atoms with Gasteiger partial charge in [0.2, 0.25) is 0 Å². The van der Waals surface area contributed by atoms with Crippen LogP contribution in [0, 0.1) is 40.9 Å². The van der Waals surface area contributed by atoms with Gasteiger partial charge in [0.05, 0.1) is 6.61 Å². The van der Waals surface area contributed by atoms with Crippen LogP contribution in [-0.2, 0) is 4.79 Å². The minimum atomic E-state index is -1.34. The van der Waals surface area contributed by atoms with Crippen molar-refractivity contribution in [2.45, 2.75) is 46.1 Å². The van der Waals surface area contributed by atoms with Crippen LogP contribution in [0.25, 0.3) is 0 Å². The Bertz CT molecular complexity index is 629. The maximum absolute atomic E-state index is 12.6. The summed E-state index contributed by atoms with van der Waals surface area (Å²) >= 11 is 0. The monoisotopic (exact) mass is 316 g/mol. The van der Waals surface area contributed by atoms with Gasteiger partial charge in [0.15, 0.2) is 5.78 Å². The van der Waals surface area contributed by atoms with Crippen molar-refractivity contribution in [3.05, 3.63) is 23.3 Å². The average Bonchev–Trinajstić information content (AvgIpc) is 3.00. The maximum Gasteiger partial charge on any atom is 0.190 e. The van der Waals surface area contributed by atoms with E-state index in [2.05, 4.69) is 26.8 Å². The molecule has 0 amide bonds. The number of allylic oxidation sites excluding steroid dienone is 1. The largest absolute Gasteiger partial charge is 0.392 e. The Balaban J connectivity index is 1.83. The summed E-state index contributed by atoms with van der Waals surface area (Å²) in [5, 5.41) is 21.0. The van der Waals surface area contributed by atoms with Crippen LogP contribution in [0.5, 0.6) is 0 Å². The quantitative estimate of drug-likeness (QED) is 0.731. The van der Waals surface area contributed by atoms with E-state index in [1.807, 2.05) is 13.0 Å². The molecule has 2 N–H and O–H groups in total. The molecule has 126 valence electrons. The second-order valence-electron chi connectivity index (χ2n) is 9.11. The molecule has 0 bridgehead atoms. The summed E-state index contributed by atoms with van der Waals surface area (Å²) in [5.74, 6) is 2.28. The van der Waals surface area contributed by atoms with E-state index in [1.54, 1.807) is 0 Å². The van der Waals surface area contributed by atoms with Gasteiger partial charge in [-0.2, -0.15) is 0 Å². The van der Waals surface area contributed by atoms with Gasteiger partial charge in [-0.15, -0.1) is 0 Å². The molecule has 3 nitrogen and oxygen atoms in total. The minimum Gasteiger partial charge on any atom is -0.392 e. The smallest absolute Gasteiger partial charge is 0.190 e. The van der Waals surface area contributed by atoms with E-state index >= 15 is 0 Å². The van der Waals surface area contributed by atoms with Crippen molar-refractivity contribution in [3.63, 3.8) is 0 Å². The maximum atomic E-state index is 12.6. The number of hydrogen-bond acceptors (Lipinski definition) is 3. The first-order chi connectivity index (χ1) is 10.7. The topological polar surface area (TPSA) is 57.5 Å². The molecular formula is C20H28O3. The van der Waals surface area contributed by atoms with Crippen molar-refractivity contribution in [1.29, 1.82) is 0 Å². The van der Waals surface area contributed by atoms with Gasteiger partial charge >= 0.3 is 0 Å². The van der Waals surface area contributed by atoms with E-state index < -0.39 is 5.60 Å². The molecule has 3 heteroatoms. The Labute approximate surface area is 138 Å². The molecule has 7 unspecified atom stereocenters. The summed E-state index contributed by atoms with van der Waals surface area (Å²) < 4.78 is 0. The van der Waals surface area contributed by atoms with Crippen LogP contribution >= 0.6 is 0 Å². The fourth-order valence-corrected chi connectivity index (χ4v) is 6.37. The average molecular weight is 316 g/mol. The van der Waals surface area contributed by atoms with Crippen molar-refractivity contribution >= 4 is 5.78 Å². The predicted molar refractivity (Wildman–Crippen MR) is 88.5 cm³/mol. The molecule has 4 rings (SSSR count). The first kappa shape index (κ1) is 15.6. The van der Waals surface area contributed by atoms with E-state index in [0.717, 1.165) is 11.5 Å². The highest BCUT2D eigenvalue weighted by molar-refractivity contribution is 6.04. The lowest BCUT2D eigenvalue weighted by Crippen LogP contribution is -2.47. The number of rotatable bonds is 1. The second-order valence-corrected chi connectivity index (χ2v) is 9.11. The van der Waals surface area contributed by atoms with Crippen LogP contribution in [0.4, 0.5) is 0 Å². The zero-order chi connectivity index (χ0) is 16.7. The van der Waals surface area contributed by atoms with E-state index in [-0.39, 0.29) is 18.3 Å². The van der Waals surface area contributed by atoms with E-state index in [4.69, 9.17) is 0 Å². The van der Waals surface area contributed by atoms with E-state index in [1.165, 1.54) is 6.42 Å². The number of ketones is 1. The highest BCUT2D eigenvalue weighted by Crippen LogP contribution is 2.71. The molecular weight excluding hydrogens is 288 g/mol. The fraction of sp³-hybridized carbons (Fsp3) is 0.750. The fourth-order valence-electron chi connectivity index (χ4n) is 6.37. The number of hydrogen-bond donors (Lipinski definition) is 2. The summed E-state index contributed by atoms with van der Waals surface area (Å²) in [4.78, 5) is 12.6. The Morgan fingerprint density at radius 1 is 1.30 bits per heavy atom. The lowest BCUT2D eigenvalue weighted by atomic mass is 9.64. The SMILES string of the molecule is CC1=CC2C3C(C)CC4C(C3C=C(CO)CC2(O)C1=O)C4(C)C. The molecule has 2 saturated carbocycles. The number of carbonyl (C=O) groups is 1. The lowest BCUT2D eigenvalue weighted by Gasteiger charge is -2.41. The molecule has 4 aliphatic rings. The van der Waals surface area contributed by atoms with Crippen LogP contribution in [0.15, 0.2) is 23.3 Å². The van der Waals surface area contributed by atoms with Crippen molar-refractivity contribution in [2.24, 2.45) is 40.9 Å². The highest BCUT2D eigenvalue weighted by atomic mass is 16.3. The van der Waals surface area contributed by atoms with Crippen LogP contribution in [-0.4, -0.2) is 28.2 Å². The molecule has 4 aliphatic carbocycles. The lowest BCUT2D eigenvalue weighted by molar-refractivity contribution is -0.138. The molecule has 0 spiro atoms. The molecule has 0 aliphatic heterocycles. The zero-order valence-electron chi connectivity index (χ0n) is 14.5. The number of Topliss-reactive ketones (excluding diaryl/α,β-unsaturated/α-hetero) is 1. The summed E-state index contributed by atoms with van der Waals surface area (Å²) in [5.41, 5.74) is 0.545. The van der Waals surface area contributed by atoms with Gasteiger partial charge in [-0.05, 0) is 59.5 Å². The Morgan fingerprint density at radius 2 is 2.00 bits per heavy atom. The van der Waals surface area contributed by atoms with E-state index in [0.29, 0.717) is 41.1 Å². The van der Waals surface area contributed by atoms with Crippen LogP contribution in [0.2, 0.25) is 0 Å². The number of carbonyl (C=O) groups excluding carboxylic acids is 1. The predicted octanol–water partition coefficient (Wildman–Crippen LogP) is 2.73. The van der Waals surface area contributed by atoms with Gasteiger partial charge in [0.25, 0.3) is 0 Å². The number of fused-ring (bicyclic) bond motifs is 5.